The highest BCUT2D eigenvalue weighted by molar-refractivity contribution is 7.55. The average molecular weight is 332 g/mol. The maximum Gasteiger partial charge on any atom is 0.338 e. The minimum absolute atomic E-state index is 0.241. The Morgan fingerprint density at radius 1 is 0.913 bits per heavy atom. The van der Waals surface area contributed by atoms with Crippen LogP contribution in [0.5, 0.6) is 0 Å². The SMILES string of the molecule is CCOP(=O)(CC(=O)c1ccccc1-c1ccccc1)OCC. The first-order valence-electron chi connectivity index (χ1n) is 7.65. The Hall–Kier alpha value is -1.74. The van der Waals surface area contributed by atoms with Crippen molar-refractivity contribution in [2.75, 3.05) is 19.4 Å². The van der Waals surface area contributed by atoms with E-state index < -0.39 is 7.60 Å². The molecule has 2 aromatic carbocycles. The summed E-state index contributed by atoms with van der Waals surface area (Å²) in [5, 5.41) is 0. The molecule has 0 radical (unpaired) electrons. The molecule has 0 atom stereocenters. The second-order valence-corrected chi connectivity index (χ2v) is 6.99. The summed E-state index contributed by atoms with van der Waals surface area (Å²) < 4.78 is 23.0. The topological polar surface area (TPSA) is 52.6 Å². The molecule has 0 unspecified atom stereocenters. The fourth-order valence-corrected chi connectivity index (χ4v) is 3.94. The van der Waals surface area contributed by atoms with Crippen LogP contribution in [-0.2, 0) is 13.6 Å². The third kappa shape index (κ3) is 4.61. The van der Waals surface area contributed by atoms with Crippen molar-refractivity contribution in [3.63, 3.8) is 0 Å². The lowest BCUT2D eigenvalue weighted by Crippen LogP contribution is -2.11. The monoisotopic (exact) mass is 332 g/mol. The molecule has 0 aliphatic rings. The Bertz CT molecular complexity index is 687. The molecule has 0 fully saturated rings. The number of benzene rings is 2. The second-order valence-electron chi connectivity index (χ2n) is 4.94. The van der Waals surface area contributed by atoms with Crippen LogP contribution in [0.1, 0.15) is 24.2 Å². The third-order valence-electron chi connectivity index (χ3n) is 3.30. The van der Waals surface area contributed by atoms with E-state index in [1.807, 2.05) is 42.5 Å². The minimum atomic E-state index is -3.40. The maximum atomic E-state index is 12.7. The van der Waals surface area contributed by atoms with Crippen LogP contribution in [-0.4, -0.2) is 25.2 Å². The summed E-state index contributed by atoms with van der Waals surface area (Å²) in [5.41, 5.74) is 2.29. The molecule has 0 bridgehead atoms. The van der Waals surface area contributed by atoms with Gasteiger partial charge in [-0.1, -0.05) is 54.6 Å². The number of hydrogen-bond donors (Lipinski definition) is 0. The fourth-order valence-electron chi connectivity index (χ4n) is 2.38. The molecule has 0 spiro atoms. The fraction of sp³-hybridized carbons (Fsp3) is 0.278. The summed E-state index contributed by atoms with van der Waals surface area (Å²) in [6.07, 6.45) is -0.251. The Morgan fingerprint density at radius 3 is 2.09 bits per heavy atom. The van der Waals surface area contributed by atoms with Crippen LogP contribution < -0.4 is 0 Å². The molecule has 0 heterocycles. The number of carbonyl (C=O) groups is 1. The van der Waals surface area contributed by atoms with Gasteiger partial charge in [-0.2, -0.15) is 0 Å². The molecule has 2 rings (SSSR count). The second kappa shape index (κ2) is 8.21. The van der Waals surface area contributed by atoms with Crippen LogP contribution in [0.3, 0.4) is 0 Å². The van der Waals surface area contributed by atoms with Gasteiger partial charge in [0.2, 0.25) is 0 Å². The summed E-state index contributed by atoms with van der Waals surface area (Å²) in [5.74, 6) is -0.241. The van der Waals surface area contributed by atoms with E-state index in [1.54, 1.807) is 26.0 Å². The van der Waals surface area contributed by atoms with Crippen molar-refractivity contribution >= 4 is 13.4 Å². The smallest absolute Gasteiger partial charge is 0.309 e. The zero-order valence-corrected chi connectivity index (χ0v) is 14.3. The first-order chi connectivity index (χ1) is 11.1. The molecule has 122 valence electrons. The highest BCUT2D eigenvalue weighted by Gasteiger charge is 2.29. The molecule has 0 N–H and O–H groups in total. The van der Waals surface area contributed by atoms with E-state index >= 15 is 0 Å². The third-order valence-corrected chi connectivity index (χ3v) is 5.28. The summed E-state index contributed by atoms with van der Waals surface area (Å²) >= 11 is 0. The summed E-state index contributed by atoms with van der Waals surface area (Å²) in [6, 6.07) is 16.9. The maximum absolute atomic E-state index is 12.7. The first-order valence-corrected chi connectivity index (χ1v) is 9.38. The van der Waals surface area contributed by atoms with Gasteiger partial charge < -0.3 is 9.05 Å². The number of carbonyl (C=O) groups excluding carboxylic acids is 1. The number of hydrogen-bond acceptors (Lipinski definition) is 4. The predicted molar refractivity (Wildman–Crippen MR) is 91.9 cm³/mol. The van der Waals surface area contributed by atoms with Crippen molar-refractivity contribution < 1.29 is 18.4 Å². The van der Waals surface area contributed by atoms with Gasteiger partial charge in [0, 0.05) is 5.56 Å². The van der Waals surface area contributed by atoms with E-state index in [0.717, 1.165) is 11.1 Å². The molecule has 2 aromatic rings. The van der Waals surface area contributed by atoms with E-state index in [9.17, 15) is 9.36 Å². The first kappa shape index (κ1) is 17.6. The lowest BCUT2D eigenvalue weighted by atomic mass is 9.98. The van der Waals surface area contributed by atoms with Gasteiger partial charge in [-0.05, 0) is 25.0 Å². The van der Waals surface area contributed by atoms with E-state index in [-0.39, 0.29) is 25.2 Å². The van der Waals surface area contributed by atoms with Crippen molar-refractivity contribution in [3.05, 3.63) is 60.2 Å². The molecule has 4 nitrogen and oxygen atoms in total. The Kier molecular flexibility index (Phi) is 6.28. The lowest BCUT2D eigenvalue weighted by Gasteiger charge is -2.17. The molecule has 0 aliphatic heterocycles. The molecular weight excluding hydrogens is 311 g/mol. The molecule has 0 saturated heterocycles. The number of ketones is 1. The van der Waals surface area contributed by atoms with Crippen LogP contribution in [0.2, 0.25) is 0 Å². The standard InChI is InChI=1S/C18H21O4P/c1-3-21-23(20,22-4-2)14-18(19)17-13-9-8-12-16(17)15-10-6-5-7-11-15/h5-13H,3-4,14H2,1-2H3. The van der Waals surface area contributed by atoms with Crippen molar-refractivity contribution in [2.24, 2.45) is 0 Å². The lowest BCUT2D eigenvalue weighted by molar-refractivity contribution is 0.101. The highest BCUT2D eigenvalue weighted by atomic mass is 31.2. The van der Waals surface area contributed by atoms with Crippen molar-refractivity contribution in [3.8, 4) is 11.1 Å². The van der Waals surface area contributed by atoms with Gasteiger partial charge in [-0.25, -0.2) is 0 Å². The Morgan fingerprint density at radius 2 is 1.48 bits per heavy atom. The molecule has 0 aliphatic carbocycles. The summed E-state index contributed by atoms with van der Waals surface area (Å²) in [6.45, 7) is 3.94. The largest absolute Gasteiger partial charge is 0.338 e. The van der Waals surface area contributed by atoms with E-state index in [1.165, 1.54) is 0 Å². The molecule has 5 heteroatoms. The van der Waals surface area contributed by atoms with Crippen LogP contribution >= 0.6 is 7.60 Å². The molecule has 0 saturated carbocycles. The quantitative estimate of drug-likeness (QED) is 0.514. The van der Waals surface area contributed by atoms with Gasteiger partial charge in [-0.3, -0.25) is 9.36 Å². The van der Waals surface area contributed by atoms with E-state index in [4.69, 9.17) is 9.05 Å². The van der Waals surface area contributed by atoms with Gasteiger partial charge in [0.25, 0.3) is 0 Å². The Labute approximate surface area is 137 Å². The molecule has 0 aromatic heterocycles. The summed E-state index contributed by atoms with van der Waals surface area (Å²) in [7, 11) is -3.40. The van der Waals surface area contributed by atoms with E-state index in [2.05, 4.69) is 0 Å². The van der Waals surface area contributed by atoms with Crippen LogP contribution in [0.25, 0.3) is 11.1 Å². The summed E-state index contributed by atoms with van der Waals surface area (Å²) in [4.78, 5) is 12.7. The highest BCUT2D eigenvalue weighted by Crippen LogP contribution is 2.48. The minimum Gasteiger partial charge on any atom is -0.309 e. The molecule has 0 amide bonds. The molecule has 23 heavy (non-hydrogen) atoms. The van der Waals surface area contributed by atoms with Crippen molar-refractivity contribution in [2.45, 2.75) is 13.8 Å². The normalized spacial score (nSPS) is 11.4. The van der Waals surface area contributed by atoms with Gasteiger partial charge >= 0.3 is 7.60 Å². The number of rotatable bonds is 8. The molecular formula is C18H21O4P. The van der Waals surface area contributed by atoms with Gasteiger partial charge in [0.15, 0.2) is 5.78 Å². The Balaban J connectivity index is 2.32. The van der Waals surface area contributed by atoms with Crippen LogP contribution in [0.15, 0.2) is 54.6 Å². The van der Waals surface area contributed by atoms with Crippen LogP contribution in [0.4, 0.5) is 0 Å². The van der Waals surface area contributed by atoms with Gasteiger partial charge in [0.1, 0.15) is 6.16 Å². The zero-order valence-electron chi connectivity index (χ0n) is 13.4. The zero-order chi connectivity index (χ0) is 16.7. The van der Waals surface area contributed by atoms with Crippen LogP contribution in [0, 0.1) is 0 Å². The number of Topliss-reactive ketones (excluding diaryl/α,β-unsaturated/α-hetero) is 1. The average Bonchev–Trinajstić information content (AvgIpc) is 2.56. The predicted octanol–water partition coefficient (Wildman–Crippen LogP) is 4.80. The van der Waals surface area contributed by atoms with Gasteiger partial charge in [-0.15, -0.1) is 0 Å². The van der Waals surface area contributed by atoms with Crippen molar-refractivity contribution in [1.82, 2.24) is 0 Å². The van der Waals surface area contributed by atoms with Crippen molar-refractivity contribution in [1.29, 1.82) is 0 Å². The van der Waals surface area contributed by atoms with E-state index in [0.29, 0.717) is 5.56 Å². The van der Waals surface area contributed by atoms with Gasteiger partial charge in [0.05, 0.1) is 13.2 Å².